The van der Waals surface area contributed by atoms with Crippen LogP contribution >= 0.6 is 0 Å². The Kier molecular flexibility index (Phi) is 5.79. The van der Waals surface area contributed by atoms with E-state index in [9.17, 15) is 14.7 Å². The Balaban J connectivity index is 2.52. The van der Waals surface area contributed by atoms with Gasteiger partial charge >= 0.3 is 5.97 Å². The summed E-state index contributed by atoms with van der Waals surface area (Å²) in [5.41, 5.74) is -1.13. The molecule has 5 heteroatoms. The van der Waals surface area contributed by atoms with Crippen LogP contribution in [-0.4, -0.2) is 47.1 Å². The SMILES string of the molecule is CCN(C(=O)CCC1CCCNC1)C(C)(C)C(=O)O. The third-order valence-electron chi connectivity index (χ3n) is 3.98. The number of rotatable bonds is 6. The van der Waals surface area contributed by atoms with Crippen molar-refractivity contribution in [1.82, 2.24) is 10.2 Å². The van der Waals surface area contributed by atoms with E-state index in [4.69, 9.17) is 0 Å². The van der Waals surface area contributed by atoms with E-state index in [2.05, 4.69) is 5.32 Å². The zero-order valence-corrected chi connectivity index (χ0v) is 12.2. The molecule has 0 aromatic carbocycles. The van der Waals surface area contributed by atoms with E-state index in [-0.39, 0.29) is 5.91 Å². The average molecular weight is 270 g/mol. The van der Waals surface area contributed by atoms with Crippen molar-refractivity contribution in [2.24, 2.45) is 5.92 Å². The minimum absolute atomic E-state index is 0.0551. The minimum Gasteiger partial charge on any atom is -0.480 e. The molecule has 19 heavy (non-hydrogen) atoms. The van der Waals surface area contributed by atoms with E-state index in [0.29, 0.717) is 18.9 Å². The third kappa shape index (κ3) is 4.20. The van der Waals surface area contributed by atoms with Crippen LogP contribution in [0.25, 0.3) is 0 Å². The second-order valence-electron chi connectivity index (χ2n) is 5.75. The fraction of sp³-hybridized carbons (Fsp3) is 0.857. The molecule has 1 aliphatic heterocycles. The van der Waals surface area contributed by atoms with Gasteiger partial charge in [0.05, 0.1) is 0 Å². The van der Waals surface area contributed by atoms with Crippen LogP contribution in [0, 0.1) is 5.92 Å². The fourth-order valence-corrected chi connectivity index (χ4v) is 2.63. The summed E-state index contributed by atoms with van der Waals surface area (Å²) in [5.74, 6) is -0.466. The highest BCUT2D eigenvalue weighted by Crippen LogP contribution is 2.20. The standard InChI is InChI=1S/C14H26N2O3/c1-4-16(14(2,3)13(18)19)12(17)8-7-11-6-5-9-15-10-11/h11,15H,4-10H2,1-3H3,(H,18,19). The molecule has 1 atom stereocenters. The summed E-state index contributed by atoms with van der Waals surface area (Å²) in [6.07, 6.45) is 3.61. The van der Waals surface area contributed by atoms with Gasteiger partial charge in [-0.05, 0) is 59.0 Å². The highest BCUT2D eigenvalue weighted by Gasteiger charge is 2.36. The van der Waals surface area contributed by atoms with Gasteiger partial charge in [0.15, 0.2) is 0 Å². The quantitative estimate of drug-likeness (QED) is 0.767. The van der Waals surface area contributed by atoms with E-state index < -0.39 is 11.5 Å². The smallest absolute Gasteiger partial charge is 0.329 e. The summed E-state index contributed by atoms with van der Waals surface area (Å²) in [7, 11) is 0. The van der Waals surface area contributed by atoms with Crippen LogP contribution in [0.3, 0.4) is 0 Å². The van der Waals surface area contributed by atoms with Crippen molar-refractivity contribution < 1.29 is 14.7 Å². The van der Waals surface area contributed by atoms with Crippen LogP contribution in [0.1, 0.15) is 46.5 Å². The molecule has 5 nitrogen and oxygen atoms in total. The molecule has 0 aromatic rings. The summed E-state index contributed by atoms with van der Waals surface area (Å²) in [5, 5.41) is 12.5. The maximum absolute atomic E-state index is 12.2. The van der Waals surface area contributed by atoms with Gasteiger partial charge in [0.2, 0.25) is 5.91 Å². The van der Waals surface area contributed by atoms with Gasteiger partial charge in [-0.15, -0.1) is 0 Å². The van der Waals surface area contributed by atoms with Crippen LogP contribution in [-0.2, 0) is 9.59 Å². The first-order valence-corrected chi connectivity index (χ1v) is 7.14. The van der Waals surface area contributed by atoms with Crippen LogP contribution in [0.15, 0.2) is 0 Å². The lowest BCUT2D eigenvalue weighted by Gasteiger charge is -2.34. The molecule has 1 unspecified atom stereocenters. The Hall–Kier alpha value is -1.10. The molecule has 1 saturated heterocycles. The lowest BCUT2D eigenvalue weighted by Crippen LogP contribution is -2.53. The van der Waals surface area contributed by atoms with Crippen molar-refractivity contribution in [2.45, 2.75) is 52.0 Å². The lowest BCUT2D eigenvalue weighted by molar-refractivity contribution is -0.156. The molecule has 1 fully saturated rings. The molecule has 0 radical (unpaired) electrons. The number of hydrogen-bond donors (Lipinski definition) is 2. The predicted octanol–water partition coefficient (Wildman–Crippen LogP) is 1.48. The molecule has 0 aromatic heterocycles. The number of piperidine rings is 1. The van der Waals surface area contributed by atoms with Gasteiger partial charge in [0.25, 0.3) is 0 Å². The average Bonchev–Trinajstić information content (AvgIpc) is 2.38. The van der Waals surface area contributed by atoms with Crippen molar-refractivity contribution in [3.05, 3.63) is 0 Å². The van der Waals surface area contributed by atoms with Crippen LogP contribution in [0.5, 0.6) is 0 Å². The first kappa shape index (κ1) is 16.0. The fourth-order valence-electron chi connectivity index (χ4n) is 2.63. The van der Waals surface area contributed by atoms with E-state index in [1.165, 1.54) is 4.90 Å². The zero-order valence-electron chi connectivity index (χ0n) is 12.2. The third-order valence-corrected chi connectivity index (χ3v) is 3.98. The van der Waals surface area contributed by atoms with Gasteiger partial charge in [0, 0.05) is 13.0 Å². The summed E-state index contributed by atoms with van der Waals surface area (Å²) < 4.78 is 0. The first-order valence-electron chi connectivity index (χ1n) is 7.14. The highest BCUT2D eigenvalue weighted by molar-refractivity contribution is 5.86. The summed E-state index contributed by atoms with van der Waals surface area (Å²) in [6, 6.07) is 0. The molecule has 1 rings (SSSR count). The van der Waals surface area contributed by atoms with Crippen molar-refractivity contribution in [3.8, 4) is 0 Å². The largest absolute Gasteiger partial charge is 0.480 e. The van der Waals surface area contributed by atoms with Gasteiger partial charge in [0.1, 0.15) is 5.54 Å². The molecular weight excluding hydrogens is 244 g/mol. The number of nitrogens with one attached hydrogen (secondary N) is 1. The number of carboxylic acids is 1. The Morgan fingerprint density at radius 2 is 2.11 bits per heavy atom. The molecule has 0 aliphatic carbocycles. The maximum Gasteiger partial charge on any atom is 0.329 e. The highest BCUT2D eigenvalue weighted by atomic mass is 16.4. The number of aliphatic carboxylic acids is 1. The molecular formula is C14H26N2O3. The Morgan fingerprint density at radius 3 is 2.58 bits per heavy atom. The van der Waals surface area contributed by atoms with Crippen molar-refractivity contribution in [1.29, 1.82) is 0 Å². The predicted molar refractivity (Wildman–Crippen MR) is 73.9 cm³/mol. The van der Waals surface area contributed by atoms with E-state index >= 15 is 0 Å². The van der Waals surface area contributed by atoms with E-state index in [1.54, 1.807) is 13.8 Å². The Bertz CT molecular complexity index is 323. The van der Waals surface area contributed by atoms with Gasteiger partial charge in [-0.2, -0.15) is 0 Å². The van der Waals surface area contributed by atoms with E-state index in [0.717, 1.165) is 32.4 Å². The molecule has 1 amide bonds. The molecule has 110 valence electrons. The molecule has 1 heterocycles. The number of likely N-dealkylation sites (N-methyl/N-ethyl adjacent to an activating group) is 1. The zero-order chi connectivity index (χ0) is 14.5. The number of carbonyl (C=O) groups excluding carboxylic acids is 1. The summed E-state index contributed by atoms with van der Waals surface area (Å²) in [4.78, 5) is 24.9. The number of amides is 1. The normalized spacial score (nSPS) is 20.1. The lowest BCUT2D eigenvalue weighted by atomic mass is 9.93. The molecule has 1 aliphatic rings. The molecule has 0 bridgehead atoms. The minimum atomic E-state index is -1.13. The van der Waals surface area contributed by atoms with E-state index in [1.807, 2.05) is 6.92 Å². The van der Waals surface area contributed by atoms with Gasteiger partial charge in [-0.1, -0.05) is 0 Å². The molecule has 2 N–H and O–H groups in total. The van der Waals surface area contributed by atoms with Crippen LogP contribution in [0.4, 0.5) is 0 Å². The summed E-state index contributed by atoms with van der Waals surface area (Å²) in [6.45, 7) is 7.46. The second-order valence-corrected chi connectivity index (χ2v) is 5.75. The Morgan fingerprint density at radius 1 is 1.42 bits per heavy atom. The molecule has 0 saturated carbocycles. The summed E-state index contributed by atoms with van der Waals surface area (Å²) >= 11 is 0. The van der Waals surface area contributed by atoms with Crippen molar-refractivity contribution in [2.75, 3.05) is 19.6 Å². The van der Waals surface area contributed by atoms with Crippen molar-refractivity contribution >= 4 is 11.9 Å². The maximum atomic E-state index is 12.2. The van der Waals surface area contributed by atoms with Gasteiger partial charge in [-0.25, -0.2) is 4.79 Å². The number of carboxylic acid groups (broad SMARTS) is 1. The van der Waals surface area contributed by atoms with Gasteiger partial charge < -0.3 is 15.3 Å². The first-order chi connectivity index (χ1) is 8.89. The van der Waals surface area contributed by atoms with Crippen LogP contribution < -0.4 is 5.32 Å². The van der Waals surface area contributed by atoms with Crippen LogP contribution in [0.2, 0.25) is 0 Å². The Labute approximate surface area is 115 Å². The van der Waals surface area contributed by atoms with Gasteiger partial charge in [-0.3, -0.25) is 4.79 Å². The van der Waals surface area contributed by atoms with Crippen molar-refractivity contribution in [3.63, 3.8) is 0 Å². The second kappa shape index (κ2) is 6.89. The number of nitrogens with zero attached hydrogens (tertiary/aromatic N) is 1. The molecule has 0 spiro atoms. The topological polar surface area (TPSA) is 69.6 Å². The monoisotopic (exact) mass is 270 g/mol. The number of hydrogen-bond acceptors (Lipinski definition) is 3. The number of carbonyl (C=O) groups is 2.